The molecule has 18 heavy (non-hydrogen) atoms. The van der Waals surface area contributed by atoms with Crippen LogP contribution in [-0.2, 0) is 10.8 Å². The zero-order valence-electron chi connectivity index (χ0n) is 11.3. The van der Waals surface area contributed by atoms with Crippen molar-refractivity contribution < 1.29 is 4.21 Å². The van der Waals surface area contributed by atoms with E-state index in [1.165, 1.54) is 0 Å². The molecular weight excluding hydrogens is 246 g/mol. The van der Waals surface area contributed by atoms with Crippen LogP contribution in [0.2, 0.25) is 0 Å². The molecule has 0 aliphatic carbocycles. The van der Waals surface area contributed by atoms with Gasteiger partial charge in [0.1, 0.15) is 11.6 Å². The van der Waals surface area contributed by atoms with Gasteiger partial charge in [-0.3, -0.25) is 4.21 Å². The molecule has 1 aromatic rings. The van der Waals surface area contributed by atoms with E-state index >= 15 is 0 Å². The Balaban J connectivity index is 2.09. The Morgan fingerprint density at radius 3 is 2.56 bits per heavy atom. The Hall–Kier alpha value is -1.10. The summed E-state index contributed by atoms with van der Waals surface area (Å²) in [7, 11) is -0.641. The molecule has 1 aromatic heterocycles. The van der Waals surface area contributed by atoms with Crippen LogP contribution in [-0.4, -0.2) is 39.3 Å². The highest BCUT2D eigenvalue weighted by Gasteiger charge is 2.17. The van der Waals surface area contributed by atoms with Gasteiger partial charge in [0.25, 0.3) is 0 Å². The van der Waals surface area contributed by atoms with E-state index in [4.69, 9.17) is 0 Å². The van der Waals surface area contributed by atoms with Gasteiger partial charge in [-0.25, -0.2) is 4.98 Å². The first-order chi connectivity index (χ1) is 8.44. The lowest BCUT2D eigenvalue weighted by Gasteiger charge is -2.28. The molecule has 1 fully saturated rings. The minimum absolute atomic E-state index is 0.00895. The van der Waals surface area contributed by atoms with Crippen LogP contribution in [0.4, 0.5) is 11.6 Å². The van der Waals surface area contributed by atoms with Crippen molar-refractivity contribution in [3.63, 3.8) is 0 Å². The summed E-state index contributed by atoms with van der Waals surface area (Å²) in [5.74, 6) is 3.37. The maximum atomic E-state index is 11.3. The summed E-state index contributed by atoms with van der Waals surface area (Å²) in [4.78, 5) is 6.83. The average molecular weight is 267 g/mol. The van der Waals surface area contributed by atoms with E-state index in [1.807, 2.05) is 18.2 Å². The van der Waals surface area contributed by atoms with Crippen molar-refractivity contribution in [2.45, 2.75) is 26.3 Å². The first kappa shape index (κ1) is 13.3. The molecule has 0 atom stereocenters. The first-order valence-corrected chi connectivity index (χ1v) is 7.78. The summed E-state index contributed by atoms with van der Waals surface area (Å²) in [5.41, 5.74) is 0.00895. The van der Waals surface area contributed by atoms with Crippen LogP contribution in [0.5, 0.6) is 0 Å². The molecule has 1 aliphatic heterocycles. The number of nitrogens with zero attached hydrogens (tertiary/aromatic N) is 2. The van der Waals surface area contributed by atoms with Gasteiger partial charge in [0.15, 0.2) is 0 Å². The van der Waals surface area contributed by atoms with Gasteiger partial charge in [0.2, 0.25) is 0 Å². The number of aromatic nitrogens is 1. The van der Waals surface area contributed by atoms with Gasteiger partial charge in [-0.15, -0.1) is 0 Å². The fraction of sp³-hybridized carbons (Fsp3) is 0.615. The molecule has 0 radical (unpaired) electrons. The Kier molecular flexibility index (Phi) is 3.90. The summed E-state index contributed by atoms with van der Waals surface area (Å²) in [5, 5.41) is 3.37. The first-order valence-electron chi connectivity index (χ1n) is 6.29. The highest BCUT2D eigenvalue weighted by atomic mass is 32.2. The largest absolute Gasteiger partial charge is 0.365 e. The lowest BCUT2D eigenvalue weighted by molar-refractivity contribution is 0.630. The van der Waals surface area contributed by atoms with Gasteiger partial charge in [-0.05, 0) is 32.9 Å². The number of nitrogens with one attached hydrogen (secondary N) is 1. The zero-order valence-corrected chi connectivity index (χ0v) is 12.1. The third-order valence-electron chi connectivity index (χ3n) is 2.74. The van der Waals surface area contributed by atoms with Crippen molar-refractivity contribution in [2.24, 2.45) is 0 Å². The van der Waals surface area contributed by atoms with Crippen LogP contribution in [0.15, 0.2) is 18.2 Å². The minimum atomic E-state index is -0.641. The van der Waals surface area contributed by atoms with Crippen molar-refractivity contribution in [1.29, 1.82) is 0 Å². The molecular formula is C13H21N3OS. The van der Waals surface area contributed by atoms with E-state index in [1.54, 1.807) is 0 Å². The molecule has 4 nitrogen and oxygen atoms in total. The summed E-state index contributed by atoms with van der Waals surface area (Å²) in [6.45, 7) is 8.01. The van der Waals surface area contributed by atoms with E-state index < -0.39 is 10.8 Å². The molecule has 1 N–H and O–H groups in total. The van der Waals surface area contributed by atoms with Crippen LogP contribution in [0.3, 0.4) is 0 Å². The lowest BCUT2D eigenvalue weighted by atomic mass is 10.1. The van der Waals surface area contributed by atoms with Crippen LogP contribution in [0, 0.1) is 0 Å². The molecule has 2 rings (SSSR count). The third kappa shape index (κ3) is 3.70. The summed E-state index contributed by atoms with van der Waals surface area (Å²) in [6, 6.07) is 6.01. The van der Waals surface area contributed by atoms with Gasteiger partial charge < -0.3 is 10.2 Å². The highest BCUT2D eigenvalue weighted by Crippen LogP contribution is 2.18. The van der Waals surface area contributed by atoms with Crippen LogP contribution in [0.25, 0.3) is 0 Å². The van der Waals surface area contributed by atoms with E-state index in [2.05, 4.69) is 36.0 Å². The van der Waals surface area contributed by atoms with Gasteiger partial charge in [-0.2, -0.15) is 0 Å². The maximum Gasteiger partial charge on any atom is 0.131 e. The molecule has 0 amide bonds. The fourth-order valence-electron chi connectivity index (χ4n) is 1.92. The number of anilines is 2. The number of rotatable bonds is 2. The SMILES string of the molecule is CC(C)(C)Nc1cccc(N2CCS(=O)CC2)n1. The summed E-state index contributed by atoms with van der Waals surface area (Å²) < 4.78 is 11.3. The topological polar surface area (TPSA) is 45.2 Å². The molecule has 0 spiro atoms. The Labute approximate surface area is 111 Å². The fourth-order valence-corrected chi connectivity index (χ4v) is 2.97. The van der Waals surface area contributed by atoms with Crippen molar-refractivity contribution in [2.75, 3.05) is 34.8 Å². The number of pyridine rings is 1. The zero-order chi connectivity index (χ0) is 13.2. The molecule has 1 aliphatic rings. The molecule has 0 saturated carbocycles. The van der Waals surface area contributed by atoms with Gasteiger partial charge in [-0.1, -0.05) is 6.07 Å². The van der Waals surface area contributed by atoms with E-state index in [9.17, 15) is 4.21 Å². The Morgan fingerprint density at radius 2 is 1.94 bits per heavy atom. The molecule has 2 heterocycles. The molecule has 5 heteroatoms. The number of hydrogen-bond donors (Lipinski definition) is 1. The lowest BCUT2D eigenvalue weighted by Crippen LogP contribution is -2.38. The quantitative estimate of drug-likeness (QED) is 0.888. The number of hydrogen-bond acceptors (Lipinski definition) is 4. The summed E-state index contributed by atoms with van der Waals surface area (Å²) in [6.07, 6.45) is 0. The molecule has 0 unspecified atom stereocenters. The molecule has 1 saturated heterocycles. The van der Waals surface area contributed by atoms with Crippen molar-refractivity contribution in [1.82, 2.24) is 4.98 Å². The van der Waals surface area contributed by atoms with Gasteiger partial charge in [0, 0.05) is 40.9 Å². The normalized spacial score (nSPS) is 17.8. The minimum Gasteiger partial charge on any atom is -0.365 e. The average Bonchev–Trinajstić information content (AvgIpc) is 2.28. The standard InChI is InChI=1S/C13H21N3OS/c1-13(2,3)15-11-5-4-6-12(14-11)16-7-9-18(17)10-8-16/h4-6H,7-10H2,1-3H3,(H,14,15). The van der Waals surface area contributed by atoms with Crippen molar-refractivity contribution in [3.05, 3.63) is 18.2 Å². The van der Waals surface area contributed by atoms with Crippen molar-refractivity contribution >= 4 is 22.4 Å². The Morgan fingerprint density at radius 1 is 1.28 bits per heavy atom. The second kappa shape index (κ2) is 5.26. The van der Waals surface area contributed by atoms with Crippen LogP contribution in [0.1, 0.15) is 20.8 Å². The molecule has 0 aromatic carbocycles. The summed E-state index contributed by atoms with van der Waals surface area (Å²) >= 11 is 0. The maximum absolute atomic E-state index is 11.3. The monoisotopic (exact) mass is 267 g/mol. The van der Waals surface area contributed by atoms with E-state index in [-0.39, 0.29) is 5.54 Å². The predicted molar refractivity (Wildman–Crippen MR) is 77.7 cm³/mol. The van der Waals surface area contributed by atoms with Gasteiger partial charge >= 0.3 is 0 Å². The van der Waals surface area contributed by atoms with E-state index in [0.29, 0.717) is 0 Å². The second-order valence-electron chi connectivity index (χ2n) is 5.59. The highest BCUT2D eigenvalue weighted by molar-refractivity contribution is 7.85. The predicted octanol–water partition coefficient (Wildman–Crippen LogP) is 1.86. The molecule has 100 valence electrons. The van der Waals surface area contributed by atoms with Crippen LogP contribution >= 0.6 is 0 Å². The third-order valence-corrected chi connectivity index (χ3v) is 4.02. The second-order valence-corrected chi connectivity index (χ2v) is 7.29. The smallest absolute Gasteiger partial charge is 0.131 e. The molecule has 0 bridgehead atoms. The van der Waals surface area contributed by atoms with Crippen molar-refractivity contribution in [3.8, 4) is 0 Å². The Bertz CT molecular complexity index is 432. The van der Waals surface area contributed by atoms with Gasteiger partial charge in [0.05, 0.1) is 0 Å². The van der Waals surface area contributed by atoms with E-state index in [0.717, 1.165) is 36.2 Å². The van der Waals surface area contributed by atoms with Crippen LogP contribution < -0.4 is 10.2 Å².